The Morgan fingerprint density at radius 1 is 0.913 bits per heavy atom. The van der Waals surface area contributed by atoms with E-state index in [1.54, 1.807) is 38.1 Å². The first kappa shape index (κ1) is 15.1. The highest BCUT2D eigenvalue weighted by Crippen LogP contribution is 2.34. The van der Waals surface area contributed by atoms with Crippen LogP contribution in [0.3, 0.4) is 0 Å². The summed E-state index contributed by atoms with van der Waals surface area (Å²) in [5, 5.41) is 6.24. The Kier molecular flexibility index (Phi) is 3.78. The molecule has 0 spiro atoms. The van der Waals surface area contributed by atoms with E-state index in [4.69, 9.17) is 0 Å². The lowest BCUT2D eigenvalue weighted by molar-refractivity contribution is 0.587. The van der Waals surface area contributed by atoms with Crippen molar-refractivity contribution in [3.8, 4) is 22.3 Å². The van der Waals surface area contributed by atoms with Crippen LogP contribution in [-0.4, -0.2) is 10.2 Å². The molecule has 3 aromatic rings. The molecule has 3 nitrogen and oxygen atoms in total. The van der Waals surface area contributed by atoms with Gasteiger partial charge in [0.1, 0.15) is 11.6 Å². The van der Waals surface area contributed by atoms with Crippen molar-refractivity contribution in [2.75, 3.05) is 0 Å². The summed E-state index contributed by atoms with van der Waals surface area (Å²) in [6.45, 7) is 3.28. The van der Waals surface area contributed by atoms with Crippen LogP contribution in [-0.2, 0) is 0 Å². The number of aromatic nitrogens is 2. The van der Waals surface area contributed by atoms with Gasteiger partial charge >= 0.3 is 0 Å². The molecule has 5 heteroatoms. The largest absolute Gasteiger partial charge is 0.272 e. The number of aromatic amines is 1. The molecule has 0 unspecified atom stereocenters. The zero-order valence-electron chi connectivity index (χ0n) is 12.7. The predicted octanol–water partition coefficient (Wildman–Crippen LogP) is 4.00. The number of nitrogens with zero attached hydrogens (tertiary/aromatic N) is 1. The fraction of sp³-hybridized carbons (Fsp3) is 0.111. The van der Waals surface area contributed by atoms with E-state index in [1.807, 2.05) is 6.07 Å². The number of benzene rings is 2. The molecule has 0 aliphatic rings. The molecule has 1 heterocycles. The molecule has 0 fully saturated rings. The van der Waals surface area contributed by atoms with Crippen LogP contribution in [0, 0.1) is 25.5 Å². The molecule has 3 rings (SSSR count). The van der Waals surface area contributed by atoms with Gasteiger partial charge in [-0.2, -0.15) is 5.10 Å². The zero-order valence-corrected chi connectivity index (χ0v) is 12.7. The third-order valence-corrected chi connectivity index (χ3v) is 3.66. The van der Waals surface area contributed by atoms with Crippen molar-refractivity contribution in [2.45, 2.75) is 13.8 Å². The minimum Gasteiger partial charge on any atom is -0.267 e. The monoisotopic (exact) mass is 312 g/mol. The first-order chi connectivity index (χ1) is 11.0. The normalized spacial score (nSPS) is 10.8. The van der Waals surface area contributed by atoms with Crippen LogP contribution in [0.1, 0.15) is 11.3 Å². The number of nitrogens with one attached hydrogen (secondary N) is 1. The van der Waals surface area contributed by atoms with Crippen molar-refractivity contribution in [1.29, 1.82) is 0 Å². The molecule has 0 atom stereocenters. The van der Waals surface area contributed by atoms with Gasteiger partial charge in [-0.25, -0.2) is 13.9 Å². The lowest BCUT2D eigenvalue weighted by atomic mass is 9.93. The predicted molar refractivity (Wildman–Crippen MR) is 85.1 cm³/mol. The Bertz CT molecular complexity index is 910. The molecule has 116 valence electrons. The van der Waals surface area contributed by atoms with Gasteiger partial charge < -0.3 is 0 Å². The van der Waals surface area contributed by atoms with E-state index in [9.17, 15) is 13.6 Å². The van der Waals surface area contributed by atoms with Gasteiger partial charge in [-0.05, 0) is 37.1 Å². The van der Waals surface area contributed by atoms with Crippen LogP contribution >= 0.6 is 0 Å². The van der Waals surface area contributed by atoms with E-state index in [2.05, 4.69) is 10.2 Å². The molecule has 0 radical (unpaired) electrons. The van der Waals surface area contributed by atoms with Gasteiger partial charge in [-0.15, -0.1) is 0 Å². The first-order valence-electron chi connectivity index (χ1n) is 7.09. The lowest BCUT2D eigenvalue weighted by Gasteiger charge is -2.13. The highest BCUT2D eigenvalue weighted by molar-refractivity contribution is 5.84. The number of aryl methyl sites for hydroxylation is 2. The average molecular weight is 312 g/mol. The summed E-state index contributed by atoms with van der Waals surface area (Å²) in [6.07, 6.45) is 0. The lowest BCUT2D eigenvalue weighted by Crippen LogP contribution is -2.16. The maximum absolute atomic E-state index is 14.4. The molecule has 0 amide bonds. The van der Waals surface area contributed by atoms with Gasteiger partial charge in [0.15, 0.2) is 0 Å². The second kappa shape index (κ2) is 5.76. The fourth-order valence-electron chi connectivity index (χ4n) is 2.68. The molecule has 23 heavy (non-hydrogen) atoms. The first-order valence-corrected chi connectivity index (χ1v) is 7.09. The summed E-state index contributed by atoms with van der Waals surface area (Å²) in [4.78, 5) is 12.3. The molecule has 0 aliphatic carbocycles. The van der Waals surface area contributed by atoms with Crippen LogP contribution in [0.4, 0.5) is 8.78 Å². The van der Waals surface area contributed by atoms with Crippen LogP contribution in [0.25, 0.3) is 22.3 Å². The smallest absolute Gasteiger partial charge is 0.267 e. The van der Waals surface area contributed by atoms with Gasteiger partial charge in [0, 0.05) is 5.56 Å². The van der Waals surface area contributed by atoms with Gasteiger partial charge in [0.2, 0.25) is 0 Å². The molecule has 2 aromatic carbocycles. The summed E-state index contributed by atoms with van der Waals surface area (Å²) in [7, 11) is 0. The van der Waals surface area contributed by atoms with Crippen molar-refractivity contribution >= 4 is 0 Å². The molecule has 0 bridgehead atoms. The zero-order chi connectivity index (χ0) is 16.6. The number of hydrogen-bond donors (Lipinski definition) is 1. The highest BCUT2D eigenvalue weighted by atomic mass is 19.1. The summed E-state index contributed by atoms with van der Waals surface area (Å²) in [6, 6.07) is 11.4. The summed E-state index contributed by atoms with van der Waals surface area (Å²) >= 11 is 0. The minimum atomic E-state index is -0.768. The topological polar surface area (TPSA) is 45.8 Å². The van der Waals surface area contributed by atoms with E-state index >= 15 is 0 Å². The molecular formula is C18H14F2N2O. The van der Waals surface area contributed by atoms with E-state index in [1.165, 1.54) is 12.1 Å². The maximum atomic E-state index is 14.4. The molecule has 0 saturated carbocycles. The van der Waals surface area contributed by atoms with E-state index < -0.39 is 17.2 Å². The quantitative estimate of drug-likeness (QED) is 0.777. The Morgan fingerprint density at radius 3 is 2.13 bits per heavy atom. The standard InChI is InChI=1S/C18H14F2N2O/c1-10-8-13(19)16(14(20)9-10)17-15(11(2)21-22-18(17)23)12-6-4-3-5-7-12/h3-9H,1-2H3,(H,22,23). The van der Waals surface area contributed by atoms with Gasteiger partial charge in [0.25, 0.3) is 5.56 Å². The van der Waals surface area contributed by atoms with Crippen LogP contribution in [0.2, 0.25) is 0 Å². The molecule has 1 aromatic heterocycles. The van der Waals surface area contributed by atoms with Crippen LogP contribution < -0.4 is 5.56 Å². The fourth-order valence-corrected chi connectivity index (χ4v) is 2.68. The van der Waals surface area contributed by atoms with E-state index in [-0.39, 0.29) is 11.1 Å². The highest BCUT2D eigenvalue weighted by Gasteiger charge is 2.22. The van der Waals surface area contributed by atoms with E-state index in [0.717, 1.165) is 0 Å². The minimum absolute atomic E-state index is 0.0429. The van der Waals surface area contributed by atoms with Crippen LogP contribution in [0.15, 0.2) is 47.3 Å². The number of H-pyrrole nitrogens is 1. The third kappa shape index (κ3) is 2.65. The van der Waals surface area contributed by atoms with E-state index in [0.29, 0.717) is 22.4 Å². The van der Waals surface area contributed by atoms with Crippen molar-refractivity contribution in [1.82, 2.24) is 10.2 Å². The Labute approximate surface area is 131 Å². The molecular weight excluding hydrogens is 298 g/mol. The Morgan fingerprint density at radius 2 is 1.52 bits per heavy atom. The van der Waals surface area contributed by atoms with Crippen molar-refractivity contribution < 1.29 is 8.78 Å². The summed E-state index contributed by atoms with van der Waals surface area (Å²) in [5.41, 5.74) is 1.04. The Balaban J connectivity index is 2.42. The van der Waals surface area contributed by atoms with Crippen LogP contribution in [0.5, 0.6) is 0 Å². The van der Waals surface area contributed by atoms with Gasteiger partial charge in [-0.1, -0.05) is 30.3 Å². The van der Waals surface area contributed by atoms with Crippen molar-refractivity contribution in [3.63, 3.8) is 0 Å². The summed E-state index contributed by atoms with van der Waals surface area (Å²) < 4.78 is 28.8. The van der Waals surface area contributed by atoms with Gasteiger partial charge in [0.05, 0.1) is 16.8 Å². The molecule has 0 aliphatic heterocycles. The van der Waals surface area contributed by atoms with Crippen molar-refractivity contribution in [3.05, 3.63) is 75.7 Å². The number of halogens is 2. The molecule has 1 N–H and O–H groups in total. The number of rotatable bonds is 2. The summed E-state index contributed by atoms with van der Waals surface area (Å²) in [5.74, 6) is -1.54. The SMILES string of the molecule is Cc1cc(F)c(-c2c(-c3ccccc3)c(C)n[nH]c2=O)c(F)c1. The Hall–Kier alpha value is -2.82. The molecule has 0 saturated heterocycles. The second-order valence-corrected chi connectivity index (χ2v) is 5.36. The van der Waals surface area contributed by atoms with Crippen molar-refractivity contribution in [2.24, 2.45) is 0 Å². The second-order valence-electron chi connectivity index (χ2n) is 5.36. The third-order valence-electron chi connectivity index (χ3n) is 3.66. The maximum Gasteiger partial charge on any atom is 0.272 e. The average Bonchev–Trinajstić information content (AvgIpc) is 2.50. The number of hydrogen-bond acceptors (Lipinski definition) is 2. The van der Waals surface area contributed by atoms with Gasteiger partial charge in [-0.3, -0.25) is 4.79 Å².